The fourth-order valence-electron chi connectivity index (χ4n) is 2.07. The van der Waals surface area contributed by atoms with Crippen molar-refractivity contribution >= 4 is 5.78 Å². The lowest BCUT2D eigenvalue weighted by molar-refractivity contribution is -0.114. The Kier molecular flexibility index (Phi) is 4.12. The van der Waals surface area contributed by atoms with Gasteiger partial charge in [0.2, 0.25) is 0 Å². The molecule has 0 saturated heterocycles. The van der Waals surface area contributed by atoms with Gasteiger partial charge >= 0.3 is 0 Å². The van der Waals surface area contributed by atoms with Gasteiger partial charge in [0.05, 0.1) is 0 Å². The smallest absolute Gasteiger partial charge is 0.159 e. The van der Waals surface area contributed by atoms with Crippen LogP contribution in [0.5, 0.6) is 0 Å². The molecule has 1 nitrogen and oxygen atoms in total. The lowest BCUT2D eigenvalue weighted by atomic mass is 9.83. The lowest BCUT2D eigenvalue weighted by Crippen LogP contribution is -2.09. The van der Waals surface area contributed by atoms with E-state index in [1.165, 1.54) is 24.0 Å². The molecule has 78 valence electrons. The van der Waals surface area contributed by atoms with Crippen molar-refractivity contribution in [2.75, 3.05) is 0 Å². The van der Waals surface area contributed by atoms with Gasteiger partial charge < -0.3 is 0 Å². The summed E-state index contributed by atoms with van der Waals surface area (Å²) >= 11 is 0. The SMILES string of the molecule is CC=CC(=O)CC1=C(C)C(C)CCC1. The summed E-state index contributed by atoms with van der Waals surface area (Å²) in [4.78, 5) is 11.4. The Hall–Kier alpha value is -0.850. The van der Waals surface area contributed by atoms with Gasteiger partial charge in [0.25, 0.3) is 0 Å². The number of carbonyl (C=O) groups is 1. The fourth-order valence-corrected chi connectivity index (χ4v) is 2.07. The monoisotopic (exact) mass is 192 g/mol. The van der Waals surface area contributed by atoms with Crippen LogP contribution in [0.2, 0.25) is 0 Å². The minimum absolute atomic E-state index is 0.246. The molecule has 0 aliphatic heterocycles. The van der Waals surface area contributed by atoms with Gasteiger partial charge in [-0.15, -0.1) is 0 Å². The van der Waals surface area contributed by atoms with Gasteiger partial charge in [0.15, 0.2) is 5.78 Å². The van der Waals surface area contributed by atoms with E-state index in [0.29, 0.717) is 12.3 Å². The van der Waals surface area contributed by atoms with E-state index in [1.807, 2.05) is 13.0 Å². The Balaban J connectivity index is 2.67. The highest BCUT2D eigenvalue weighted by Crippen LogP contribution is 2.31. The van der Waals surface area contributed by atoms with Gasteiger partial charge in [-0.3, -0.25) is 4.79 Å². The molecule has 14 heavy (non-hydrogen) atoms. The van der Waals surface area contributed by atoms with E-state index in [1.54, 1.807) is 6.08 Å². The highest BCUT2D eigenvalue weighted by atomic mass is 16.1. The minimum atomic E-state index is 0.246. The molecule has 0 N–H and O–H groups in total. The van der Waals surface area contributed by atoms with Crippen LogP contribution in [0.3, 0.4) is 0 Å². The molecule has 0 amide bonds. The minimum Gasteiger partial charge on any atom is -0.295 e. The van der Waals surface area contributed by atoms with Gasteiger partial charge in [-0.25, -0.2) is 0 Å². The maximum Gasteiger partial charge on any atom is 0.159 e. The molecule has 0 aromatic heterocycles. The summed E-state index contributed by atoms with van der Waals surface area (Å²) < 4.78 is 0. The third-order valence-electron chi connectivity index (χ3n) is 3.15. The molecule has 0 aromatic carbocycles. The lowest BCUT2D eigenvalue weighted by Gasteiger charge is -2.23. The molecule has 0 spiro atoms. The fraction of sp³-hybridized carbons (Fsp3) is 0.615. The van der Waals surface area contributed by atoms with Gasteiger partial charge in [0.1, 0.15) is 0 Å². The molecule has 1 rings (SSSR count). The summed E-state index contributed by atoms with van der Waals surface area (Å²) in [5.74, 6) is 0.924. The predicted molar refractivity (Wildman–Crippen MR) is 60.2 cm³/mol. The van der Waals surface area contributed by atoms with Crippen molar-refractivity contribution < 1.29 is 4.79 Å². The van der Waals surface area contributed by atoms with E-state index in [0.717, 1.165) is 6.42 Å². The van der Waals surface area contributed by atoms with Crippen molar-refractivity contribution in [3.05, 3.63) is 23.3 Å². The van der Waals surface area contributed by atoms with Crippen molar-refractivity contribution in [2.24, 2.45) is 5.92 Å². The molecule has 0 radical (unpaired) electrons. The summed E-state index contributed by atoms with van der Waals surface area (Å²) in [5.41, 5.74) is 2.83. The zero-order valence-electron chi connectivity index (χ0n) is 9.47. The van der Waals surface area contributed by atoms with Crippen molar-refractivity contribution in [1.29, 1.82) is 0 Å². The first-order valence-corrected chi connectivity index (χ1v) is 5.49. The van der Waals surface area contributed by atoms with Gasteiger partial charge in [-0.2, -0.15) is 0 Å². The number of ketones is 1. The van der Waals surface area contributed by atoms with Crippen LogP contribution in [-0.2, 0) is 4.79 Å². The quantitative estimate of drug-likeness (QED) is 0.492. The van der Waals surface area contributed by atoms with Crippen molar-refractivity contribution in [1.82, 2.24) is 0 Å². The number of rotatable bonds is 3. The van der Waals surface area contributed by atoms with E-state index < -0.39 is 0 Å². The molecule has 1 aliphatic rings. The van der Waals surface area contributed by atoms with Crippen LogP contribution in [0.1, 0.15) is 46.5 Å². The van der Waals surface area contributed by atoms with Crippen molar-refractivity contribution in [2.45, 2.75) is 46.5 Å². The van der Waals surface area contributed by atoms with Crippen LogP contribution in [-0.4, -0.2) is 5.78 Å². The Morgan fingerprint density at radius 1 is 1.57 bits per heavy atom. The van der Waals surface area contributed by atoms with Gasteiger partial charge in [-0.1, -0.05) is 24.1 Å². The molecule has 0 bridgehead atoms. The topological polar surface area (TPSA) is 17.1 Å². The van der Waals surface area contributed by atoms with E-state index in [4.69, 9.17) is 0 Å². The third-order valence-corrected chi connectivity index (χ3v) is 3.15. The van der Waals surface area contributed by atoms with Crippen LogP contribution >= 0.6 is 0 Å². The van der Waals surface area contributed by atoms with Crippen LogP contribution < -0.4 is 0 Å². The second-order valence-electron chi connectivity index (χ2n) is 4.22. The summed E-state index contributed by atoms with van der Waals surface area (Å²) in [6, 6.07) is 0. The second-order valence-corrected chi connectivity index (χ2v) is 4.22. The number of carbonyl (C=O) groups excluding carboxylic acids is 1. The second kappa shape index (κ2) is 5.14. The molecule has 1 aliphatic carbocycles. The van der Waals surface area contributed by atoms with E-state index in [9.17, 15) is 4.79 Å². The average molecular weight is 192 g/mol. The van der Waals surface area contributed by atoms with E-state index in [-0.39, 0.29) is 5.78 Å². The number of hydrogen-bond acceptors (Lipinski definition) is 1. The van der Waals surface area contributed by atoms with E-state index >= 15 is 0 Å². The summed E-state index contributed by atoms with van der Waals surface area (Å²) in [6.45, 7) is 6.33. The number of allylic oxidation sites excluding steroid dienone is 4. The van der Waals surface area contributed by atoms with Crippen LogP contribution in [0.15, 0.2) is 23.3 Å². The van der Waals surface area contributed by atoms with Crippen LogP contribution in [0, 0.1) is 5.92 Å². The summed E-state index contributed by atoms with van der Waals surface area (Å²) in [6.07, 6.45) is 7.80. The normalized spacial score (nSPS) is 23.2. The molecule has 0 aromatic rings. The number of hydrogen-bond donors (Lipinski definition) is 0. The van der Waals surface area contributed by atoms with Crippen molar-refractivity contribution in [3.8, 4) is 0 Å². The summed E-state index contributed by atoms with van der Waals surface area (Å²) in [7, 11) is 0. The van der Waals surface area contributed by atoms with Crippen molar-refractivity contribution in [3.63, 3.8) is 0 Å². The molecule has 0 fully saturated rings. The molecule has 1 heteroatoms. The summed E-state index contributed by atoms with van der Waals surface area (Å²) in [5, 5.41) is 0. The zero-order valence-corrected chi connectivity index (χ0v) is 9.47. The Morgan fingerprint density at radius 3 is 2.93 bits per heavy atom. The van der Waals surface area contributed by atoms with Crippen LogP contribution in [0.25, 0.3) is 0 Å². The first-order valence-electron chi connectivity index (χ1n) is 5.49. The molecule has 0 saturated carbocycles. The average Bonchev–Trinajstić information content (AvgIpc) is 2.13. The zero-order chi connectivity index (χ0) is 10.6. The Labute approximate surface area is 86.9 Å². The molecular weight excluding hydrogens is 172 g/mol. The van der Waals surface area contributed by atoms with E-state index in [2.05, 4.69) is 13.8 Å². The maximum atomic E-state index is 11.4. The standard InChI is InChI=1S/C13H20O/c1-4-6-13(14)9-12-8-5-7-10(2)11(12)3/h4,6,10H,5,7-9H2,1-3H3. The van der Waals surface area contributed by atoms with Crippen LogP contribution in [0.4, 0.5) is 0 Å². The molecule has 1 atom stereocenters. The molecule has 0 heterocycles. The molecular formula is C13H20O. The van der Waals surface area contributed by atoms with Gasteiger partial charge in [0, 0.05) is 6.42 Å². The Bertz CT molecular complexity index is 271. The third kappa shape index (κ3) is 2.83. The highest BCUT2D eigenvalue weighted by Gasteiger charge is 2.16. The molecule has 1 unspecified atom stereocenters. The first-order chi connectivity index (χ1) is 6.65. The Morgan fingerprint density at radius 2 is 2.29 bits per heavy atom. The van der Waals surface area contributed by atoms with Gasteiger partial charge in [-0.05, 0) is 45.1 Å². The predicted octanol–water partition coefficient (Wildman–Crippen LogP) is 3.66. The largest absolute Gasteiger partial charge is 0.295 e. The first kappa shape index (κ1) is 11.2. The highest BCUT2D eigenvalue weighted by molar-refractivity contribution is 5.91. The maximum absolute atomic E-state index is 11.4.